The second-order valence-electron chi connectivity index (χ2n) is 4.06. The first kappa shape index (κ1) is 13.8. The predicted molar refractivity (Wildman–Crippen MR) is 69.4 cm³/mol. The number of benzene rings is 1. The zero-order valence-corrected chi connectivity index (χ0v) is 10.8. The fraction of sp³-hybridized carbons (Fsp3) is 0.250. The highest BCUT2D eigenvalue weighted by Crippen LogP contribution is 2.31. The van der Waals surface area contributed by atoms with E-state index in [4.69, 9.17) is 5.73 Å². The van der Waals surface area contributed by atoms with E-state index in [1.54, 1.807) is 6.20 Å². The molecule has 0 aliphatic carbocycles. The Morgan fingerprint density at radius 2 is 1.89 bits per heavy atom. The molecule has 19 heavy (non-hydrogen) atoms. The van der Waals surface area contributed by atoms with E-state index in [9.17, 15) is 13.2 Å². The Bertz CT molecular complexity index is 546. The van der Waals surface area contributed by atoms with Gasteiger partial charge in [-0.1, -0.05) is 0 Å². The standard InChI is InChI=1S/C12H12F3N3S/c1-7(16)10-6-17-11(19-10)18-9-4-2-8(3-5-9)12(13,14)15/h2-7H,16H2,1H3,(H,17,18)/t7-/m1/s1. The summed E-state index contributed by atoms with van der Waals surface area (Å²) in [6, 6.07) is 4.69. The maximum Gasteiger partial charge on any atom is 0.416 e. The molecule has 0 aliphatic heterocycles. The summed E-state index contributed by atoms with van der Waals surface area (Å²) >= 11 is 1.38. The molecule has 3 nitrogen and oxygen atoms in total. The molecule has 0 unspecified atom stereocenters. The van der Waals surface area contributed by atoms with Crippen LogP contribution in [0.2, 0.25) is 0 Å². The molecular formula is C12H12F3N3S. The maximum atomic E-state index is 12.4. The summed E-state index contributed by atoms with van der Waals surface area (Å²) in [6.07, 6.45) is -2.66. The van der Waals surface area contributed by atoms with Crippen LogP contribution in [-0.4, -0.2) is 4.98 Å². The van der Waals surface area contributed by atoms with Gasteiger partial charge in [-0.3, -0.25) is 0 Å². The van der Waals surface area contributed by atoms with E-state index in [0.717, 1.165) is 17.0 Å². The van der Waals surface area contributed by atoms with Crippen LogP contribution in [0.25, 0.3) is 0 Å². The minimum atomic E-state index is -4.32. The molecule has 0 bridgehead atoms. The summed E-state index contributed by atoms with van der Waals surface area (Å²) in [5.74, 6) is 0. The fourth-order valence-corrected chi connectivity index (χ4v) is 2.21. The van der Waals surface area contributed by atoms with Crippen molar-refractivity contribution < 1.29 is 13.2 Å². The number of hydrogen-bond donors (Lipinski definition) is 2. The normalized spacial score (nSPS) is 13.3. The van der Waals surface area contributed by atoms with Crippen LogP contribution in [0.5, 0.6) is 0 Å². The SMILES string of the molecule is C[C@@H](N)c1cnc(Nc2ccc(C(F)(F)F)cc2)s1. The lowest BCUT2D eigenvalue weighted by Gasteiger charge is -2.07. The van der Waals surface area contributed by atoms with E-state index in [0.29, 0.717) is 10.8 Å². The lowest BCUT2D eigenvalue weighted by molar-refractivity contribution is -0.137. The van der Waals surface area contributed by atoms with Crippen LogP contribution in [0.4, 0.5) is 24.0 Å². The minimum absolute atomic E-state index is 0.111. The molecule has 0 radical (unpaired) electrons. The maximum absolute atomic E-state index is 12.4. The number of anilines is 2. The Morgan fingerprint density at radius 3 is 2.37 bits per heavy atom. The molecule has 1 heterocycles. The highest BCUT2D eigenvalue weighted by molar-refractivity contribution is 7.15. The molecule has 0 amide bonds. The first-order valence-electron chi connectivity index (χ1n) is 5.52. The largest absolute Gasteiger partial charge is 0.416 e. The third-order valence-electron chi connectivity index (χ3n) is 2.44. The number of nitrogens with two attached hydrogens (primary N) is 1. The van der Waals surface area contributed by atoms with Crippen molar-refractivity contribution in [2.24, 2.45) is 5.73 Å². The third kappa shape index (κ3) is 3.45. The molecule has 1 aromatic heterocycles. The molecule has 1 atom stereocenters. The molecule has 3 N–H and O–H groups in total. The summed E-state index contributed by atoms with van der Waals surface area (Å²) in [5, 5.41) is 3.55. The van der Waals surface area contributed by atoms with Gasteiger partial charge < -0.3 is 11.1 Å². The number of nitrogens with zero attached hydrogens (tertiary/aromatic N) is 1. The summed E-state index contributed by atoms with van der Waals surface area (Å²) in [5.41, 5.74) is 5.59. The third-order valence-corrected chi connectivity index (χ3v) is 3.55. The van der Waals surface area contributed by atoms with Gasteiger partial charge in [0.15, 0.2) is 5.13 Å². The number of rotatable bonds is 3. The Morgan fingerprint density at radius 1 is 1.26 bits per heavy atom. The topological polar surface area (TPSA) is 50.9 Å². The van der Waals surface area contributed by atoms with Crippen molar-refractivity contribution >= 4 is 22.2 Å². The molecular weight excluding hydrogens is 275 g/mol. The molecule has 2 aromatic rings. The molecule has 1 aromatic carbocycles. The molecule has 7 heteroatoms. The summed E-state index contributed by atoms with van der Waals surface area (Å²) in [4.78, 5) is 5.02. The first-order valence-corrected chi connectivity index (χ1v) is 6.33. The Hall–Kier alpha value is -1.60. The van der Waals surface area contributed by atoms with Gasteiger partial charge >= 0.3 is 6.18 Å². The van der Waals surface area contributed by atoms with Crippen molar-refractivity contribution in [3.05, 3.63) is 40.9 Å². The van der Waals surface area contributed by atoms with Gasteiger partial charge in [-0.2, -0.15) is 13.2 Å². The van der Waals surface area contributed by atoms with Crippen LogP contribution in [0.1, 0.15) is 23.4 Å². The lowest BCUT2D eigenvalue weighted by Crippen LogP contribution is -2.04. The predicted octanol–water partition coefficient (Wildman–Crippen LogP) is 3.93. The number of aromatic nitrogens is 1. The van der Waals surface area contributed by atoms with E-state index in [1.165, 1.54) is 23.5 Å². The van der Waals surface area contributed by atoms with Crippen LogP contribution in [-0.2, 0) is 6.18 Å². The second-order valence-corrected chi connectivity index (χ2v) is 5.12. The zero-order valence-electron chi connectivity index (χ0n) is 10.0. The van der Waals surface area contributed by atoms with Crippen LogP contribution in [0.15, 0.2) is 30.5 Å². The molecule has 0 aliphatic rings. The van der Waals surface area contributed by atoms with Crippen molar-refractivity contribution in [3.63, 3.8) is 0 Å². The van der Waals surface area contributed by atoms with E-state index in [-0.39, 0.29) is 6.04 Å². The van der Waals surface area contributed by atoms with E-state index >= 15 is 0 Å². The molecule has 102 valence electrons. The van der Waals surface area contributed by atoms with Gasteiger partial charge in [-0.25, -0.2) is 4.98 Å². The van der Waals surface area contributed by atoms with Crippen molar-refractivity contribution in [2.45, 2.75) is 19.1 Å². The van der Waals surface area contributed by atoms with Gasteiger partial charge in [-0.15, -0.1) is 11.3 Å². The minimum Gasteiger partial charge on any atom is -0.332 e. The Balaban J connectivity index is 2.11. The molecule has 2 rings (SSSR count). The fourth-order valence-electron chi connectivity index (χ4n) is 1.42. The quantitative estimate of drug-likeness (QED) is 0.899. The average Bonchev–Trinajstić information content (AvgIpc) is 2.77. The Labute approximate surface area is 112 Å². The highest BCUT2D eigenvalue weighted by Gasteiger charge is 2.29. The monoisotopic (exact) mass is 287 g/mol. The van der Waals surface area contributed by atoms with E-state index in [2.05, 4.69) is 10.3 Å². The van der Waals surface area contributed by atoms with Gasteiger partial charge in [0.2, 0.25) is 0 Å². The Kier molecular flexibility index (Phi) is 3.77. The smallest absolute Gasteiger partial charge is 0.332 e. The number of thiazole rings is 1. The lowest BCUT2D eigenvalue weighted by atomic mass is 10.2. The summed E-state index contributed by atoms with van der Waals surface area (Å²) in [7, 11) is 0. The van der Waals surface area contributed by atoms with E-state index in [1.807, 2.05) is 6.92 Å². The van der Waals surface area contributed by atoms with Crippen LogP contribution < -0.4 is 11.1 Å². The van der Waals surface area contributed by atoms with Crippen LogP contribution >= 0.6 is 11.3 Å². The van der Waals surface area contributed by atoms with Crippen molar-refractivity contribution in [1.82, 2.24) is 4.98 Å². The summed E-state index contributed by atoms with van der Waals surface area (Å²) < 4.78 is 37.2. The molecule has 0 fully saturated rings. The van der Waals surface area contributed by atoms with Gasteiger partial charge in [-0.05, 0) is 31.2 Å². The molecule has 0 saturated heterocycles. The molecule has 0 saturated carbocycles. The number of alkyl halides is 3. The zero-order chi connectivity index (χ0) is 14.0. The van der Waals surface area contributed by atoms with Crippen molar-refractivity contribution in [1.29, 1.82) is 0 Å². The van der Waals surface area contributed by atoms with Gasteiger partial charge in [0, 0.05) is 22.8 Å². The number of nitrogens with one attached hydrogen (secondary N) is 1. The van der Waals surface area contributed by atoms with Gasteiger partial charge in [0.25, 0.3) is 0 Å². The van der Waals surface area contributed by atoms with E-state index < -0.39 is 11.7 Å². The first-order chi connectivity index (χ1) is 8.86. The van der Waals surface area contributed by atoms with Crippen LogP contribution in [0, 0.1) is 0 Å². The van der Waals surface area contributed by atoms with Gasteiger partial charge in [0.1, 0.15) is 0 Å². The summed E-state index contributed by atoms with van der Waals surface area (Å²) in [6.45, 7) is 1.84. The van der Waals surface area contributed by atoms with Crippen molar-refractivity contribution in [3.8, 4) is 0 Å². The van der Waals surface area contributed by atoms with Gasteiger partial charge in [0.05, 0.1) is 5.56 Å². The second kappa shape index (κ2) is 5.18. The van der Waals surface area contributed by atoms with Crippen LogP contribution in [0.3, 0.4) is 0 Å². The van der Waals surface area contributed by atoms with Crippen molar-refractivity contribution in [2.75, 3.05) is 5.32 Å². The molecule has 0 spiro atoms. The average molecular weight is 287 g/mol. The highest BCUT2D eigenvalue weighted by atomic mass is 32.1. The number of halogens is 3. The number of hydrogen-bond acceptors (Lipinski definition) is 4.